The second-order valence-corrected chi connectivity index (χ2v) is 4.74. The first-order chi connectivity index (χ1) is 9.22. The zero-order valence-corrected chi connectivity index (χ0v) is 11.3. The van der Waals surface area contributed by atoms with E-state index in [1.54, 1.807) is 18.3 Å². The molecular weight excluding hydrogens is 308 g/mol. The van der Waals surface area contributed by atoms with Crippen LogP contribution >= 0.6 is 15.9 Å². The number of rotatable bonds is 2. The average molecular weight is 317 g/mol. The largest absolute Gasteiger partial charge is 0.324 e. The van der Waals surface area contributed by atoms with Gasteiger partial charge in [0.1, 0.15) is 4.60 Å². The number of amides is 1. The monoisotopic (exact) mass is 316 g/mol. The van der Waals surface area contributed by atoms with Gasteiger partial charge >= 0.3 is 0 Å². The number of imidazole rings is 1. The number of fused-ring (bicyclic) bond motifs is 1. The fourth-order valence-corrected chi connectivity index (χ4v) is 2.10. The van der Waals surface area contributed by atoms with Gasteiger partial charge in [0.2, 0.25) is 5.95 Å². The van der Waals surface area contributed by atoms with Crippen molar-refractivity contribution in [3.63, 3.8) is 0 Å². The van der Waals surface area contributed by atoms with Crippen molar-refractivity contribution >= 4 is 38.8 Å². The lowest BCUT2D eigenvalue weighted by Crippen LogP contribution is -2.13. The molecule has 0 aliphatic rings. The topological polar surface area (TPSA) is 70.7 Å². The van der Waals surface area contributed by atoms with Crippen molar-refractivity contribution in [3.8, 4) is 0 Å². The van der Waals surface area contributed by atoms with Crippen molar-refractivity contribution in [1.82, 2.24) is 15.0 Å². The molecule has 2 aromatic heterocycles. The molecule has 3 rings (SSSR count). The van der Waals surface area contributed by atoms with Gasteiger partial charge in [0.15, 0.2) is 0 Å². The van der Waals surface area contributed by atoms with Crippen LogP contribution in [0.5, 0.6) is 0 Å². The Kier molecular flexibility index (Phi) is 3.00. The summed E-state index contributed by atoms with van der Waals surface area (Å²) in [4.78, 5) is 23.3. The molecule has 1 amide bonds. The minimum absolute atomic E-state index is 0.234. The lowest BCUT2D eigenvalue weighted by atomic mass is 10.2. The normalized spacial score (nSPS) is 10.6. The van der Waals surface area contributed by atoms with Crippen LogP contribution in [0.4, 0.5) is 5.95 Å². The number of halogens is 1. The summed E-state index contributed by atoms with van der Waals surface area (Å²) in [5.74, 6) is 0.196. The molecule has 0 radical (unpaired) electrons. The summed E-state index contributed by atoms with van der Waals surface area (Å²) in [6, 6.07) is 10.9. The van der Waals surface area contributed by atoms with Crippen LogP contribution in [-0.2, 0) is 0 Å². The van der Waals surface area contributed by atoms with E-state index in [0.29, 0.717) is 16.1 Å². The van der Waals surface area contributed by atoms with Gasteiger partial charge in [0.05, 0.1) is 11.0 Å². The fourth-order valence-electron chi connectivity index (χ4n) is 1.74. The predicted octanol–water partition coefficient (Wildman–Crippen LogP) is 2.97. The Morgan fingerprint density at radius 2 is 2.11 bits per heavy atom. The van der Waals surface area contributed by atoms with Crippen LogP contribution < -0.4 is 5.32 Å². The molecular formula is C13H9BrN4O. The lowest BCUT2D eigenvalue weighted by Gasteiger charge is -2.01. The highest BCUT2D eigenvalue weighted by Crippen LogP contribution is 2.15. The minimum Gasteiger partial charge on any atom is -0.324 e. The van der Waals surface area contributed by atoms with E-state index in [9.17, 15) is 4.79 Å². The number of carbonyl (C=O) groups excluding carboxylic acids is 1. The molecule has 0 saturated heterocycles. The van der Waals surface area contributed by atoms with Gasteiger partial charge < -0.3 is 4.98 Å². The van der Waals surface area contributed by atoms with E-state index in [-0.39, 0.29) is 5.91 Å². The smallest absolute Gasteiger partial charge is 0.258 e. The summed E-state index contributed by atoms with van der Waals surface area (Å²) in [6.45, 7) is 0. The maximum Gasteiger partial charge on any atom is 0.258 e. The van der Waals surface area contributed by atoms with Crippen LogP contribution in [0.3, 0.4) is 0 Å². The van der Waals surface area contributed by atoms with E-state index in [4.69, 9.17) is 0 Å². The van der Waals surface area contributed by atoms with Gasteiger partial charge in [-0.15, -0.1) is 0 Å². The van der Waals surface area contributed by atoms with E-state index in [1.807, 2.05) is 24.3 Å². The highest BCUT2D eigenvalue weighted by atomic mass is 79.9. The first-order valence-corrected chi connectivity index (χ1v) is 6.39. The molecule has 6 heteroatoms. The van der Waals surface area contributed by atoms with Crippen LogP contribution in [0.2, 0.25) is 0 Å². The Hall–Kier alpha value is -2.21. The number of hydrogen-bond acceptors (Lipinski definition) is 3. The molecule has 2 N–H and O–H groups in total. The molecule has 3 aromatic rings. The Labute approximate surface area is 117 Å². The van der Waals surface area contributed by atoms with Crippen LogP contribution in [0, 0.1) is 0 Å². The maximum atomic E-state index is 12.0. The minimum atomic E-state index is -0.234. The Morgan fingerprint density at radius 1 is 1.26 bits per heavy atom. The molecule has 5 nitrogen and oxygen atoms in total. The van der Waals surface area contributed by atoms with Crippen molar-refractivity contribution in [1.29, 1.82) is 0 Å². The number of anilines is 1. The summed E-state index contributed by atoms with van der Waals surface area (Å²) in [6.07, 6.45) is 1.57. The van der Waals surface area contributed by atoms with E-state index in [0.717, 1.165) is 11.0 Å². The van der Waals surface area contributed by atoms with Crippen LogP contribution in [-0.4, -0.2) is 20.9 Å². The Bertz CT molecular complexity index is 720. The van der Waals surface area contributed by atoms with Crippen LogP contribution in [0.1, 0.15) is 10.4 Å². The number of para-hydroxylation sites is 2. The van der Waals surface area contributed by atoms with Gasteiger partial charge in [-0.05, 0) is 40.2 Å². The summed E-state index contributed by atoms with van der Waals surface area (Å²) in [5, 5.41) is 2.72. The number of benzene rings is 1. The predicted molar refractivity (Wildman–Crippen MR) is 76.0 cm³/mol. The van der Waals surface area contributed by atoms with Gasteiger partial charge in [0.25, 0.3) is 5.91 Å². The van der Waals surface area contributed by atoms with E-state index >= 15 is 0 Å². The lowest BCUT2D eigenvalue weighted by molar-refractivity contribution is 0.102. The molecule has 19 heavy (non-hydrogen) atoms. The highest BCUT2D eigenvalue weighted by molar-refractivity contribution is 9.10. The van der Waals surface area contributed by atoms with Gasteiger partial charge in [-0.25, -0.2) is 9.97 Å². The fraction of sp³-hybridized carbons (Fsp3) is 0. The number of carbonyl (C=O) groups is 1. The number of nitrogens with zero attached hydrogens (tertiary/aromatic N) is 2. The van der Waals surface area contributed by atoms with Crippen molar-refractivity contribution in [2.24, 2.45) is 0 Å². The molecule has 94 valence electrons. The Balaban J connectivity index is 1.86. The Morgan fingerprint density at radius 3 is 2.89 bits per heavy atom. The molecule has 0 unspecified atom stereocenters. The second-order valence-electron chi connectivity index (χ2n) is 3.92. The van der Waals surface area contributed by atoms with Crippen molar-refractivity contribution in [3.05, 3.63) is 52.8 Å². The molecule has 0 spiro atoms. The average Bonchev–Trinajstić information content (AvgIpc) is 2.80. The standard InChI is InChI=1S/C13H9BrN4O/c14-11-7-8(5-6-15-11)12(19)18-13-16-9-3-1-2-4-10(9)17-13/h1-7H,(H2,16,17,18,19). The number of nitrogens with one attached hydrogen (secondary N) is 2. The van der Waals surface area contributed by atoms with Gasteiger partial charge in [-0.1, -0.05) is 12.1 Å². The van der Waals surface area contributed by atoms with Crippen molar-refractivity contribution in [2.75, 3.05) is 5.32 Å². The number of pyridine rings is 1. The molecule has 0 aliphatic heterocycles. The van der Waals surface area contributed by atoms with E-state index in [1.165, 1.54) is 0 Å². The van der Waals surface area contributed by atoms with Gasteiger partial charge in [-0.3, -0.25) is 10.1 Å². The second kappa shape index (κ2) is 4.81. The molecule has 0 atom stereocenters. The quantitative estimate of drug-likeness (QED) is 0.714. The summed E-state index contributed by atoms with van der Waals surface area (Å²) >= 11 is 3.23. The number of aromatic nitrogens is 3. The van der Waals surface area contributed by atoms with Crippen molar-refractivity contribution in [2.45, 2.75) is 0 Å². The molecule has 0 aliphatic carbocycles. The van der Waals surface area contributed by atoms with E-state index < -0.39 is 0 Å². The molecule has 1 aromatic carbocycles. The van der Waals surface area contributed by atoms with Crippen molar-refractivity contribution < 1.29 is 4.79 Å². The molecule has 2 heterocycles. The first-order valence-electron chi connectivity index (χ1n) is 5.60. The van der Waals surface area contributed by atoms with Gasteiger partial charge in [-0.2, -0.15) is 0 Å². The first kappa shape index (κ1) is 11.9. The summed E-state index contributed by atoms with van der Waals surface area (Å²) in [7, 11) is 0. The summed E-state index contributed by atoms with van der Waals surface area (Å²) < 4.78 is 0.616. The van der Waals surface area contributed by atoms with Crippen LogP contribution in [0.25, 0.3) is 11.0 Å². The third kappa shape index (κ3) is 2.48. The third-order valence-corrected chi connectivity index (χ3v) is 3.04. The molecule has 0 bridgehead atoms. The van der Waals surface area contributed by atoms with Crippen LogP contribution in [0.15, 0.2) is 47.2 Å². The zero-order chi connectivity index (χ0) is 13.2. The maximum absolute atomic E-state index is 12.0. The molecule has 0 fully saturated rings. The SMILES string of the molecule is O=C(Nc1nc2ccccc2[nH]1)c1ccnc(Br)c1. The van der Waals surface area contributed by atoms with Gasteiger partial charge in [0, 0.05) is 11.8 Å². The third-order valence-electron chi connectivity index (χ3n) is 2.61. The van der Waals surface area contributed by atoms with E-state index in [2.05, 4.69) is 36.2 Å². The number of aromatic amines is 1. The molecule has 0 saturated carbocycles. The highest BCUT2D eigenvalue weighted by Gasteiger charge is 2.09. The number of hydrogen-bond donors (Lipinski definition) is 2. The summed E-state index contributed by atoms with van der Waals surface area (Å²) in [5.41, 5.74) is 2.21. The number of H-pyrrole nitrogens is 1. The zero-order valence-electron chi connectivity index (χ0n) is 9.72.